The largest absolute Gasteiger partial charge is 0.467 e. The molecule has 148 valence electrons. The number of carbonyl (C=O) groups is 2. The Bertz CT molecular complexity index is 707. The molecule has 0 bridgehead atoms. The fraction of sp³-hybridized carbons (Fsp3) is 0.600. The van der Waals surface area contributed by atoms with E-state index in [4.69, 9.17) is 14.2 Å². The molecule has 0 aromatic heterocycles. The number of rotatable bonds is 2. The van der Waals surface area contributed by atoms with Crippen LogP contribution in [0.3, 0.4) is 0 Å². The standard InChI is InChI=1S/C20H28N2O5/c1-20(2,3)27-19(24)22-13-14-6-5-7-16(21-8-10-26-11-9-21)15(14)12-17(22)18(23)25-4/h5-7,17H,8-13H2,1-4H3/t17-/m1/s1. The molecule has 1 aromatic rings. The SMILES string of the molecule is COC(=O)[C@H]1Cc2c(cccc2N2CCOCC2)CN1C(=O)OC(C)(C)C. The number of esters is 1. The zero-order valence-electron chi connectivity index (χ0n) is 16.5. The minimum absolute atomic E-state index is 0.322. The summed E-state index contributed by atoms with van der Waals surface area (Å²) < 4.78 is 15.9. The second-order valence-corrected chi connectivity index (χ2v) is 7.87. The van der Waals surface area contributed by atoms with E-state index in [9.17, 15) is 9.59 Å². The molecule has 0 aliphatic carbocycles. The molecule has 0 radical (unpaired) electrons. The number of benzene rings is 1. The molecule has 1 fully saturated rings. The number of carbonyl (C=O) groups excluding carboxylic acids is 2. The van der Waals surface area contributed by atoms with E-state index in [1.54, 1.807) is 0 Å². The second-order valence-electron chi connectivity index (χ2n) is 7.87. The number of amides is 1. The van der Waals surface area contributed by atoms with E-state index in [1.807, 2.05) is 32.9 Å². The summed E-state index contributed by atoms with van der Waals surface area (Å²) in [6, 6.07) is 5.38. The lowest BCUT2D eigenvalue weighted by atomic mass is 9.92. The molecule has 1 saturated heterocycles. The molecule has 0 spiro atoms. The summed E-state index contributed by atoms with van der Waals surface area (Å²) in [7, 11) is 1.35. The molecule has 0 unspecified atom stereocenters. The molecule has 1 aromatic carbocycles. The van der Waals surface area contributed by atoms with E-state index < -0.39 is 23.7 Å². The van der Waals surface area contributed by atoms with Crippen molar-refractivity contribution in [2.75, 3.05) is 38.3 Å². The summed E-state index contributed by atoms with van der Waals surface area (Å²) in [5.74, 6) is -0.428. The third kappa shape index (κ3) is 4.35. The lowest BCUT2D eigenvalue weighted by molar-refractivity contribution is -0.147. The first-order valence-electron chi connectivity index (χ1n) is 9.31. The van der Waals surface area contributed by atoms with Crippen LogP contribution < -0.4 is 4.90 Å². The van der Waals surface area contributed by atoms with Gasteiger partial charge in [0, 0.05) is 25.2 Å². The van der Waals surface area contributed by atoms with Crippen LogP contribution in [0, 0.1) is 0 Å². The van der Waals surface area contributed by atoms with Gasteiger partial charge in [0.2, 0.25) is 0 Å². The summed E-state index contributed by atoms with van der Waals surface area (Å²) in [6.07, 6.45) is -0.0882. The Balaban J connectivity index is 1.93. The molecule has 1 atom stereocenters. The van der Waals surface area contributed by atoms with Crippen LogP contribution in [0.5, 0.6) is 0 Å². The zero-order chi connectivity index (χ0) is 19.6. The fourth-order valence-corrected chi connectivity index (χ4v) is 3.56. The summed E-state index contributed by atoms with van der Waals surface area (Å²) in [5, 5.41) is 0. The lowest BCUT2D eigenvalue weighted by Gasteiger charge is -2.39. The number of methoxy groups -OCH3 is 1. The minimum atomic E-state index is -0.695. The summed E-state index contributed by atoms with van der Waals surface area (Å²) in [4.78, 5) is 28.9. The average molecular weight is 376 g/mol. The van der Waals surface area contributed by atoms with Gasteiger partial charge in [-0.2, -0.15) is 0 Å². The molecule has 0 saturated carbocycles. The molecule has 3 rings (SSSR count). The van der Waals surface area contributed by atoms with Crippen LogP contribution >= 0.6 is 0 Å². The van der Waals surface area contributed by atoms with E-state index in [0.717, 1.165) is 29.9 Å². The summed E-state index contributed by atoms with van der Waals surface area (Å²) in [6.45, 7) is 8.76. The van der Waals surface area contributed by atoms with Gasteiger partial charge in [0.25, 0.3) is 0 Å². The molecule has 7 heteroatoms. The highest BCUT2D eigenvalue weighted by Gasteiger charge is 2.39. The van der Waals surface area contributed by atoms with Crippen molar-refractivity contribution in [3.05, 3.63) is 29.3 Å². The first-order valence-corrected chi connectivity index (χ1v) is 9.31. The van der Waals surface area contributed by atoms with Gasteiger partial charge in [-0.05, 0) is 38.0 Å². The fourth-order valence-electron chi connectivity index (χ4n) is 3.56. The van der Waals surface area contributed by atoms with Crippen molar-refractivity contribution in [2.24, 2.45) is 0 Å². The van der Waals surface area contributed by atoms with Gasteiger partial charge in [0.15, 0.2) is 0 Å². The molecular formula is C20H28N2O5. The Morgan fingerprint density at radius 3 is 2.52 bits per heavy atom. The van der Waals surface area contributed by atoms with Crippen LogP contribution in [-0.2, 0) is 32.0 Å². The van der Waals surface area contributed by atoms with E-state index in [-0.39, 0.29) is 0 Å². The lowest BCUT2D eigenvalue weighted by Crippen LogP contribution is -2.51. The highest BCUT2D eigenvalue weighted by atomic mass is 16.6. The van der Waals surface area contributed by atoms with Crippen molar-refractivity contribution in [1.29, 1.82) is 0 Å². The molecule has 0 N–H and O–H groups in total. The van der Waals surface area contributed by atoms with Crippen LogP contribution in [0.4, 0.5) is 10.5 Å². The minimum Gasteiger partial charge on any atom is -0.467 e. The van der Waals surface area contributed by atoms with Gasteiger partial charge in [-0.3, -0.25) is 4.90 Å². The number of morpholine rings is 1. The van der Waals surface area contributed by atoms with Crippen LogP contribution in [0.1, 0.15) is 31.9 Å². The Labute approximate surface area is 160 Å². The van der Waals surface area contributed by atoms with Gasteiger partial charge in [-0.25, -0.2) is 9.59 Å². The van der Waals surface area contributed by atoms with Crippen molar-refractivity contribution in [3.8, 4) is 0 Å². The number of anilines is 1. The van der Waals surface area contributed by atoms with Gasteiger partial charge in [0.1, 0.15) is 11.6 Å². The Morgan fingerprint density at radius 1 is 1.19 bits per heavy atom. The topological polar surface area (TPSA) is 68.3 Å². The second kappa shape index (κ2) is 7.76. The van der Waals surface area contributed by atoms with Crippen molar-refractivity contribution in [1.82, 2.24) is 4.90 Å². The molecule has 2 heterocycles. The summed E-state index contributed by atoms with van der Waals surface area (Å²) in [5.41, 5.74) is 2.60. The molecular weight excluding hydrogens is 348 g/mol. The van der Waals surface area contributed by atoms with Gasteiger partial charge in [-0.15, -0.1) is 0 Å². The predicted molar refractivity (Wildman–Crippen MR) is 101 cm³/mol. The van der Waals surface area contributed by atoms with E-state index in [0.29, 0.717) is 26.2 Å². The van der Waals surface area contributed by atoms with Crippen molar-refractivity contribution in [3.63, 3.8) is 0 Å². The number of ether oxygens (including phenoxy) is 3. The van der Waals surface area contributed by atoms with Crippen LogP contribution in [0.25, 0.3) is 0 Å². The monoisotopic (exact) mass is 376 g/mol. The Morgan fingerprint density at radius 2 is 1.89 bits per heavy atom. The molecule has 7 nitrogen and oxygen atoms in total. The van der Waals surface area contributed by atoms with E-state index in [2.05, 4.69) is 11.0 Å². The van der Waals surface area contributed by atoms with Gasteiger partial charge in [0.05, 0.1) is 26.9 Å². The van der Waals surface area contributed by atoms with Gasteiger partial charge < -0.3 is 19.1 Å². The van der Waals surface area contributed by atoms with E-state index in [1.165, 1.54) is 12.0 Å². The molecule has 1 amide bonds. The first-order chi connectivity index (χ1) is 12.8. The van der Waals surface area contributed by atoms with Gasteiger partial charge >= 0.3 is 12.1 Å². The summed E-state index contributed by atoms with van der Waals surface area (Å²) >= 11 is 0. The third-order valence-electron chi connectivity index (χ3n) is 4.82. The maximum absolute atomic E-state index is 12.7. The molecule has 2 aliphatic rings. The molecule has 2 aliphatic heterocycles. The Kier molecular flexibility index (Phi) is 5.60. The van der Waals surface area contributed by atoms with Crippen LogP contribution in [-0.4, -0.2) is 62.0 Å². The van der Waals surface area contributed by atoms with Crippen LogP contribution in [0.2, 0.25) is 0 Å². The van der Waals surface area contributed by atoms with Crippen molar-refractivity contribution in [2.45, 2.75) is 45.4 Å². The first kappa shape index (κ1) is 19.5. The highest BCUT2D eigenvalue weighted by molar-refractivity contribution is 5.83. The quantitative estimate of drug-likeness (QED) is 0.738. The Hall–Kier alpha value is -2.28. The average Bonchev–Trinajstić information content (AvgIpc) is 2.65. The maximum atomic E-state index is 12.7. The highest BCUT2D eigenvalue weighted by Crippen LogP contribution is 2.33. The zero-order valence-corrected chi connectivity index (χ0v) is 16.5. The normalized spacial score (nSPS) is 20.1. The number of hydrogen-bond acceptors (Lipinski definition) is 6. The maximum Gasteiger partial charge on any atom is 0.411 e. The van der Waals surface area contributed by atoms with Crippen LogP contribution in [0.15, 0.2) is 18.2 Å². The number of hydrogen-bond donors (Lipinski definition) is 0. The third-order valence-corrected chi connectivity index (χ3v) is 4.82. The predicted octanol–water partition coefficient (Wildman–Crippen LogP) is 2.36. The smallest absolute Gasteiger partial charge is 0.411 e. The van der Waals surface area contributed by atoms with E-state index >= 15 is 0 Å². The number of fused-ring (bicyclic) bond motifs is 1. The molecule has 27 heavy (non-hydrogen) atoms. The van der Waals surface area contributed by atoms with Crippen molar-refractivity contribution >= 4 is 17.7 Å². The number of nitrogens with zero attached hydrogens (tertiary/aromatic N) is 2. The van der Waals surface area contributed by atoms with Gasteiger partial charge in [-0.1, -0.05) is 12.1 Å². The van der Waals surface area contributed by atoms with Crippen molar-refractivity contribution < 1.29 is 23.8 Å².